The van der Waals surface area contributed by atoms with Crippen molar-refractivity contribution in [1.82, 2.24) is 19.1 Å². The molecule has 0 aliphatic carbocycles. The highest BCUT2D eigenvalue weighted by Crippen LogP contribution is 2.25. The minimum absolute atomic E-state index is 0.0617. The number of aromatic nitrogens is 4. The molecule has 7 nitrogen and oxygen atoms in total. The van der Waals surface area contributed by atoms with Crippen LogP contribution in [0.4, 0.5) is 9.52 Å². The van der Waals surface area contributed by atoms with Crippen LogP contribution in [0.2, 0.25) is 0 Å². The molecule has 4 aromatic rings. The summed E-state index contributed by atoms with van der Waals surface area (Å²) >= 11 is 0.999. The first kappa shape index (κ1) is 19.6. The maximum absolute atomic E-state index is 13.4. The Kier molecular flexibility index (Phi) is 5.44. The highest BCUT2D eigenvalue weighted by molar-refractivity contribution is 7.09. The van der Waals surface area contributed by atoms with Crippen LogP contribution in [0, 0.1) is 5.82 Å². The Morgan fingerprint density at radius 1 is 1.10 bits per heavy atom. The Hall–Kier alpha value is -3.72. The minimum atomic E-state index is -0.429. The van der Waals surface area contributed by atoms with E-state index < -0.39 is 5.91 Å². The topological polar surface area (TPSA) is 89.8 Å². The van der Waals surface area contributed by atoms with Crippen LogP contribution in [0.1, 0.15) is 23.1 Å². The maximum Gasteiger partial charge on any atom is 0.261 e. The molecule has 2 aromatic heterocycles. The summed E-state index contributed by atoms with van der Waals surface area (Å²) in [5, 5.41) is 7.54. The van der Waals surface area contributed by atoms with Gasteiger partial charge in [0.2, 0.25) is 5.13 Å². The number of rotatable bonds is 6. The van der Waals surface area contributed by atoms with Gasteiger partial charge < -0.3 is 0 Å². The van der Waals surface area contributed by atoms with E-state index in [-0.39, 0.29) is 23.2 Å². The van der Waals surface area contributed by atoms with Crippen molar-refractivity contribution in [1.29, 1.82) is 0 Å². The fourth-order valence-electron chi connectivity index (χ4n) is 2.84. The number of hydrogen-bond acceptors (Lipinski definition) is 6. The van der Waals surface area contributed by atoms with Crippen molar-refractivity contribution in [3.8, 4) is 16.9 Å². The van der Waals surface area contributed by atoms with Crippen molar-refractivity contribution in [2.24, 2.45) is 0 Å². The lowest BCUT2D eigenvalue weighted by molar-refractivity contribution is -0.116. The van der Waals surface area contributed by atoms with Crippen LogP contribution in [-0.2, 0) is 11.2 Å². The van der Waals surface area contributed by atoms with Crippen LogP contribution in [0.5, 0.6) is 0 Å². The highest BCUT2D eigenvalue weighted by atomic mass is 32.1. The van der Waals surface area contributed by atoms with Gasteiger partial charge in [-0.05, 0) is 43.3 Å². The van der Waals surface area contributed by atoms with Crippen LogP contribution in [-0.4, -0.2) is 30.8 Å². The molecule has 0 unspecified atom stereocenters. The lowest BCUT2D eigenvalue weighted by Gasteiger charge is -2.02. The third-order valence-corrected chi connectivity index (χ3v) is 4.86. The molecule has 2 aromatic carbocycles. The Balaban J connectivity index is 1.69. The van der Waals surface area contributed by atoms with Crippen molar-refractivity contribution in [3.63, 3.8) is 0 Å². The maximum atomic E-state index is 13.4. The molecule has 2 heterocycles. The van der Waals surface area contributed by atoms with Crippen LogP contribution in [0.3, 0.4) is 0 Å². The number of nitrogens with zero attached hydrogens (tertiary/aromatic N) is 4. The molecule has 0 saturated heterocycles. The molecule has 150 valence electrons. The first-order valence-corrected chi connectivity index (χ1v) is 9.81. The molecule has 0 fully saturated rings. The van der Waals surface area contributed by atoms with Gasteiger partial charge in [0, 0.05) is 23.3 Å². The first-order chi connectivity index (χ1) is 14.5. The van der Waals surface area contributed by atoms with Gasteiger partial charge in [-0.15, -0.1) is 0 Å². The molecule has 0 radical (unpaired) electrons. The van der Waals surface area contributed by atoms with E-state index in [4.69, 9.17) is 0 Å². The van der Waals surface area contributed by atoms with Gasteiger partial charge in [-0.25, -0.2) is 14.1 Å². The zero-order chi connectivity index (χ0) is 21.1. The average Bonchev–Trinajstić information content (AvgIpc) is 3.36. The zero-order valence-electron chi connectivity index (χ0n) is 15.9. The average molecular weight is 421 g/mol. The summed E-state index contributed by atoms with van der Waals surface area (Å²) < 4.78 is 19.0. The van der Waals surface area contributed by atoms with Gasteiger partial charge in [0.1, 0.15) is 17.3 Å². The van der Waals surface area contributed by atoms with E-state index in [1.807, 2.05) is 30.3 Å². The number of benzene rings is 2. The summed E-state index contributed by atoms with van der Waals surface area (Å²) in [6, 6.07) is 15.1. The second-order valence-electron chi connectivity index (χ2n) is 6.53. The summed E-state index contributed by atoms with van der Waals surface area (Å²) in [6.45, 7) is 1.45. The third-order valence-electron chi connectivity index (χ3n) is 4.19. The van der Waals surface area contributed by atoms with Crippen molar-refractivity contribution < 1.29 is 14.0 Å². The molecule has 0 bridgehead atoms. The fourth-order valence-corrected chi connectivity index (χ4v) is 3.42. The van der Waals surface area contributed by atoms with E-state index in [9.17, 15) is 14.0 Å². The molecule has 30 heavy (non-hydrogen) atoms. The van der Waals surface area contributed by atoms with Gasteiger partial charge in [-0.3, -0.25) is 14.9 Å². The van der Waals surface area contributed by atoms with Crippen molar-refractivity contribution in [3.05, 3.63) is 78.0 Å². The Labute approximate surface area is 175 Å². The number of hydrogen-bond donors (Lipinski definition) is 1. The normalized spacial score (nSPS) is 10.7. The number of ketones is 1. The van der Waals surface area contributed by atoms with Gasteiger partial charge in [-0.1, -0.05) is 18.2 Å². The molecule has 0 spiro atoms. The van der Waals surface area contributed by atoms with E-state index >= 15 is 0 Å². The number of anilines is 1. The van der Waals surface area contributed by atoms with Gasteiger partial charge in [0.25, 0.3) is 5.91 Å². The molecule has 0 aliphatic heterocycles. The number of amides is 1. The number of carbonyl (C=O) groups excluding carboxylic acids is 2. The Morgan fingerprint density at radius 2 is 1.83 bits per heavy atom. The zero-order valence-corrected chi connectivity index (χ0v) is 16.7. The smallest absolute Gasteiger partial charge is 0.261 e. The predicted molar refractivity (Wildman–Crippen MR) is 111 cm³/mol. The van der Waals surface area contributed by atoms with Crippen LogP contribution in [0.25, 0.3) is 16.9 Å². The predicted octanol–water partition coefficient (Wildman–Crippen LogP) is 3.91. The fraction of sp³-hybridized carbons (Fsp3) is 0.0952. The molecule has 9 heteroatoms. The second-order valence-corrected chi connectivity index (χ2v) is 7.28. The number of nitrogens with one attached hydrogen (secondary N) is 1. The van der Waals surface area contributed by atoms with Gasteiger partial charge in [-0.2, -0.15) is 9.47 Å². The van der Waals surface area contributed by atoms with Gasteiger partial charge >= 0.3 is 0 Å². The van der Waals surface area contributed by atoms with E-state index in [0.717, 1.165) is 17.2 Å². The van der Waals surface area contributed by atoms with E-state index in [1.165, 1.54) is 19.1 Å². The summed E-state index contributed by atoms with van der Waals surface area (Å²) in [5.41, 5.74) is 2.09. The third kappa shape index (κ3) is 4.31. The minimum Gasteiger partial charge on any atom is -0.300 e. The largest absolute Gasteiger partial charge is 0.300 e. The first-order valence-electron chi connectivity index (χ1n) is 9.04. The summed E-state index contributed by atoms with van der Waals surface area (Å²) in [5.74, 6) is -0.504. The van der Waals surface area contributed by atoms with Gasteiger partial charge in [0.05, 0.1) is 17.7 Å². The number of para-hydroxylation sites is 1. The number of halogens is 1. The molecular formula is C21H16FN5O2S. The molecule has 0 aliphatic rings. The summed E-state index contributed by atoms with van der Waals surface area (Å²) in [6.07, 6.45) is 1.72. The lowest BCUT2D eigenvalue weighted by atomic mass is 10.1. The van der Waals surface area contributed by atoms with Crippen LogP contribution >= 0.6 is 11.5 Å². The van der Waals surface area contributed by atoms with Gasteiger partial charge in [0.15, 0.2) is 5.82 Å². The molecule has 1 amide bonds. The van der Waals surface area contributed by atoms with E-state index in [2.05, 4.69) is 19.8 Å². The summed E-state index contributed by atoms with van der Waals surface area (Å²) in [4.78, 5) is 28.4. The van der Waals surface area contributed by atoms with E-state index in [1.54, 1.807) is 23.0 Å². The molecule has 0 saturated carbocycles. The lowest BCUT2D eigenvalue weighted by Crippen LogP contribution is -2.12. The SMILES string of the molecule is CC(=O)Cc1nsc(NC(=O)c2cn(-c3ccccc3)nc2-c2ccc(F)cc2)n1. The Morgan fingerprint density at radius 3 is 2.53 bits per heavy atom. The molecule has 0 atom stereocenters. The van der Waals surface area contributed by atoms with Crippen LogP contribution in [0.15, 0.2) is 60.8 Å². The van der Waals surface area contributed by atoms with Crippen molar-refractivity contribution in [2.75, 3.05) is 5.32 Å². The van der Waals surface area contributed by atoms with Crippen molar-refractivity contribution in [2.45, 2.75) is 13.3 Å². The van der Waals surface area contributed by atoms with E-state index in [0.29, 0.717) is 22.6 Å². The number of Topliss-reactive ketones (excluding diaryl/α,β-unsaturated/α-hetero) is 1. The molecule has 4 rings (SSSR count). The molecule has 1 N–H and O–H groups in total. The Bertz CT molecular complexity index is 1200. The van der Waals surface area contributed by atoms with Crippen molar-refractivity contribution >= 4 is 28.4 Å². The summed E-state index contributed by atoms with van der Waals surface area (Å²) in [7, 11) is 0. The monoisotopic (exact) mass is 421 g/mol. The van der Waals surface area contributed by atoms with Crippen LogP contribution < -0.4 is 5.32 Å². The highest BCUT2D eigenvalue weighted by Gasteiger charge is 2.20. The number of carbonyl (C=O) groups is 2. The second kappa shape index (κ2) is 8.34. The molecular weight excluding hydrogens is 405 g/mol. The quantitative estimate of drug-likeness (QED) is 0.510. The standard InChI is InChI=1S/C21H16FN5O2S/c1-13(28)11-18-23-21(30-26-18)24-20(29)17-12-27(16-5-3-2-4-6-16)25-19(17)14-7-9-15(22)10-8-14/h2-10,12H,11H2,1H3,(H,23,24,26,29).